The first kappa shape index (κ1) is 20.4. The summed E-state index contributed by atoms with van der Waals surface area (Å²) < 4.78 is 35.7. The van der Waals surface area contributed by atoms with Gasteiger partial charge >= 0.3 is 0 Å². The molecule has 3 aliphatic rings. The average molecular weight is 453 g/mol. The standard InChI is InChI=1S/C22H19N3O6S/c1-30-15-6-2-13(3-7-15)12-23-24-32(28,29)16-8-4-14(5-9-16)25-21(26)19-17-10-11-18(31-17)20(19)22(25)27/h2-12,17-20,24H,1H3/b23-12+/t17-,18+,19?,20?. The summed E-state index contributed by atoms with van der Waals surface area (Å²) >= 11 is 0. The number of hydrogen-bond donors (Lipinski definition) is 1. The molecule has 0 aliphatic carbocycles. The Morgan fingerprint density at radius 1 is 0.969 bits per heavy atom. The van der Waals surface area contributed by atoms with Gasteiger partial charge in [-0.3, -0.25) is 9.59 Å². The first-order valence-electron chi connectivity index (χ1n) is 9.89. The average Bonchev–Trinajstić information content (AvgIpc) is 3.48. The molecule has 164 valence electrons. The summed E-state index contributed by atoms with van der Waals surface area (Å²) in [4.78, 5) is 28.9. The molecule has 3 heterocycles. The number of sulfonamides is 1. The number of benzene rings is 2. The molecular weight excluding hydrogens is 434 g/mol. The lowest BCUT2D eigenvalue weighted by molar-refractivity contribution is -0.124. The number of fused-ring (bicyclic) bond motifs is 5. The number of hydrazone groups is 1. The van der Waals surface area contributed by atoms with E-state index in [-0.39, 0.29) is 28.9 Å². The van der Waals surface area contributed by atoms with Crippen LogP contribution in [-0.2, 0) is 24.3 Å². The highest BCUT2D eigenvalue weighted by molar-refractivity contribution is 7.89. The number of rotatable bonds is 6. The van der Waals surface area contributed by atoms with E-state index >= 15 is 0 Å². The van der Waals surface area contributed by atoms with E-state index in [9.17, 15) is 18.0 Å². The number of anilines is 1. The van der Waals surface area contributed by atoms with Crippen molar-refractivity contribution in [3.8, 4) is 5.75 Å². The Kier molecular flexibility index (Phi) is 4.83. The van der Waals surface area contributed by atoms with E-state index in [0.29, 0.717) is 17.0 Å². The van der Waals surface area contributed by atoms with Gasteiger partial charge in [0.2, 0.25) is 11.8 Å². The number of imide groups is 1. The molecule has 0 radical (unpaired) electrons. The molecule has 0 aromatic heterocycles. The summed E-state index contributed by atoms with van der Waals surface area (Å²) in [5.74, 6) is -1.01. The van der Waals surface area contributed by atoms with Crippen LogP contribution in [0.4, 0.5) is 5.69 Å². The SMILES string of the molecule is COc1ccc(/C=N/NS(=O)(=O)c2ccc(N3C(=O)C4C(C3=O)[C@H]3C=C[C@@H]4O3)cc2)cc1. The number of amides is 2. The summed E-state index contributed by atoms with van der Waals surface area (Å²) in [7, 11) is -2.37. The van der Waals surface area contributed by atoms with Crippen molar-refractivity contribution < 1.29 is 27.5 Å². The molecule has 5 rings (SSSR count). The summed E-state index contributed by atoms with van der Waals surface area (Å²) in [5, 5.41) is 3.79. The molecular formula is C22H19N3O6S. The zero-order valence-corrected chi connectivity index (χ0v) is 17.7. The molecule has 2 amide bonds. The third-order valence-electron chi connectivity index (χ3n) is 5.82. The number of carbonyl (C=O) groups is 2. The van der Waals surface area contributed by atoms with Crippen molar-refractivity contribution in [3.63, 3.8) is 0 Å². The summed E-state index contributed by atoms with van der Waals surface area (Å²) in [6.07, 6.45) is 4.25. The zero-order valence-electron chi connectivity index (χ0n) is 16.9. The fourth-order valence-corrected chi connectivity index (χ4v) is 5.04. The quantitative estimate of drug-likeness (QED) is 0.307. The van der Waals surface area contributed by atoms with Crippen LogP contribution in [0.5, 0.6) is 5.75 Å². The molecule has 0 saturated carbocycles. The van der Waals surface area contributed by atoms with E-state index in [1.807, 2.05) is 12.2 Å². The maximum absolute atomic E-state index is 12.8. The van der Waals surface area contributed by atoms with Gasteiger partial charge in [0, 0.05) is 0 Å². The van der Waals surface area contributed by atoms with Gasteiger partial charge in [0.15, 0.2) is 0 Å². The molecule has 2 aromatic carbocycles. The largest absolute Gasteiger partial charge is 0.497 e. The minimum atomic E-state index is -3.92. The summed E-state index contributed by atoms with van der Waals surface area (Å²) in [5.41, 5.74) is 1.02. The van der Waals surface area contributed by atoms with Crippen LogP contribution < -0.4 is 14.5 Å². The number of ether oxygens (including phenoxy) is 2. The van der Waals surface area contributed by atoms with Gasteiger partial charge in [-0.2, -0.15) is 13.5 Å². The van der Waals surface area contributed by atoms with Crippen molar-refractivity contribution in [3.05, 3.63) is 66.2 Å². The van der Waals surface area contributed by atoms with E-state index in [4.69, 9.17) is 9.47 Å². The number of nitrogens with one attached hydrogen (secondary N) is 1. The number of hydrogen-bond acceptors (Lipinski definition) is 7. The van der Waals surface area contributed by atoms with Crippen LogP contribution >= 0.6 is 0 Å². The van der Waals surface area contributed by atoms with Crippen molar-refractivity contribution in [2.45, 2.75) is 17.1 Å². The molecule has 0 spiro atoms. The Morgan fingerprint density at radius 3 is 2.12 bits per heavy atom. The molecule has 2 fully saturated rings. The van der Waals surface area contributed by atoms with Crippen LogP contribution in [0.2, 0.25) is 0 Å². The second-order valence-electron chi connectivity index (χ2n) is 7.63. The van der Waals surface area contributed by atoms with Gasteiger partial charge in [-0.1, -0.05) is 12.2 Å². The van der Waals surface area contributed by atoms with E-state index < -0.39 is 21.9 Å². The highest BCUT2D eigenvalue weighted by Crippen LogP contribution is 2.46. The second kappa shape index (κ2) is 7.57. The Labute approximate surface area is 184 Å². The predicted octanol–water partition coefficient (Wildman–Crippen LogP) is 1.45. The van der Waals surface area contributed by atoms with E-state index in [0.717, 1.165) is 4.90 Å². The van der Waals surface area contributed by atoms with Crippen molar-refractivity contribution in [2.24, 2.45) is 16.9 Å². The smallest absolute Gasteiger partial charge is 0.276 e. The van der Waals surface area contributed by atoms with Crippen molar-refractivity contribution in [1.29, 1.82) is 0 Å². The van der Waals surface area contributed by atoms with Crippen molar-refractivity contribution in [2.75, 3.05) is 12.0 Å². The number of nitrogens with zero attached hydrogens (tertiary/aromatic N) is 2. The summed E-state index contributed by atoms with van der Waals surface area (Å²) in [6, 6.07) is 12.5. The van der Waals surface area contributed by atoms with Crippen LogP contribution in [-0.4, -0.2) is 45.8 Å². The van der Waals surface area contributed by atoms with Gasteiger partial charge in [0.1, 0.15) is 5.75 Å². The van der Waals surface area contributed by atoms with Crippen molar-refractivity contribution in [1.82, 2.24) is 4.83 Å². The van der Waals surface area contributed by atoms with Crippen LogP contribution in [0.3, 0.4) is 0 Å². The monoisotopic (exact) mass is 453 g/mol. The van der Waals surface area contributed by atoms with Crippen LogP contribution in [0.25, 0.3) is 0 Å². The molecule has 2 saturated heterocycles. The second-order valence-corrected chi connectivity index (χ2v) is 9.29. The molecule has 10 heteroatoms. The van der Waals surface area contributed by atoms with Crippen LogP contribution in [0.1, 0.15) is 5.56 Å². The lowest BCUT2D eigenvalue weighted by atomic mass is 9.85. The zero-order chi connectivity index (χ0) is 22.5. The molecule has 3 aliphatic heterocycles. The molecule has 2 aromatic rings. The molecule has 9 nitrogen and oxygen atoms in total. The highest BCUT2D eigenvalue weighted by Gasteiger charge is 2.61. The third kappa shape index (κ3) is 3.28. The van der Waals surface area contributed by atoms with Crippen LogP contribution in [0, 0.1) is 11.8 Å². The maximum atomic E-state index is 12.8. The Balaban J connectivity index is 1.29. The van der Waals surface area contributed by atoms with Gasteiger partial charge in [-0.05, 0) is 54.1 Å². The lowest BCUT2D eigenvalue weighted by Gasteiger charge is -2.17. The van der Waals surface area contributed by atoms with Gasteiger partial charge < -0.3 is 9.47 Å². The fraction of sp³-hybridized carbons (Fsp3) is 0.227. The molecule has 2 bridgehead atoms. The number of carbonyl (C=O) groups excluding carboxylic acids is 2. The normalized spacial score (nSPS) is 26.2. The highest BCUT2D eigenvalue weighted by atomic mass is 32.2. The van der Waals surface area contributed by atoms with Crippen molar-refractivity contribution >= 4 is 33.7 Å². The topological polar surface area (TPSA) is 114 Å². The third-order valence-corrected chi connectivity index (χ3v) is 7.06. The lowest BCUT2D eigenvalue weighted by Crippen LogP contribution is -2.34. The molecule has 2 unspecified atom stereocenters. The molecule has 4 atom stereocenters. The predicted molar refractivity (Wildman–Crippen MR) is 115 cm³/mol. The van der Waals surface area contributed by atoms with Crippen LogP contribution in [0.15, 0.2) is 70.7 Å². The first-order chi connectivity index (χ1) is 15.4. The number of methoxy groups -OCH3 is 1. The van der Waals surface area contributed by atoms with E-state index in [1.165, 1.54) is 30.5 Å². The Bertz CT molecular complexity index is 1210. The van der Waals surface area contributed by atoms with Gasteiger partial charge in [-0.25, -0.2) is 9.73 Å². The fourth-order valence-electron chi connectivity index (χ4n) is 4.25. The Morgan fingerprint density at radius 2 is 1.56 bits per heavy atom. The van der Waals surface area contributed by atoms with E-state index in [2.05, 4.69) is 9.93 Å². The minimum Gasteiger partial charge on any atom is -0.497 e. The first-order valence-corrected chi connectivity index (χ1v) is 11.4. The molecule has 1 N–H and O–H groups in total. The van der Waals surface area contributed by atoms with Gasteiger partial charge in [0.25, 0.3) is 10.0 Å². The Hall–Kier alpha value is -3.50. The van der Waals surface area contributed by atoms with Gasteiger partial charge in [0.05, 0.1) is 48.0 Å². The maximum Gasteiger partial charge on any atom is 0.276 e. The molecule has 32 heavy (non-hydrogen) atoms. The minimum absolute atomic E-state index is 0.0440. The summed E-state index contributed by atoms with van der Waals surface area (Å²) in [6.45, 7) is 0. The van der Waals surface area contributed by atoms with Gasteiger partial charge in [-0.15, -0.1) is 0 Å². The van der Waals surface area contributed by atoms with E-state index in [1.54, 1.807) is 31.4 Å².